The molecule has 4 aromatic heterocycles. The highest BCUT2D eigenvalue weighted by Gasteiger charge is 2.28. The molecule has 18 nitrogen and oxygen atoms in total. The van der Waals surface area contributed by atoms with E-state index in [-0.39, 0.29) is 65.5 Å². The molecule has 4 amide bonds. The third-order valence-electron chi connectivity index (χ3n) is 12.3. The maximum absolute atomic E-state index is 13.5. The number of nitrogens with zero attached hydrogens (tertiary/aromatic N) is 8. The molecule has 2 unspecified atom stereocenters. The topological polar surface area (TPSA) is 248 Å². The Morgan fingerprint density at radius 1 is 0.583 bits per heavy atom. The van der Waals surface area contributed by atoms with Crippen LogP contribution in [-0.4, -0.2) is 68.9 Å². The molecule has 0 saturated heterocycles. The summed E-state index contributed by atoms with van der Waals surface area (Å²) < 4.78 is 32.0. The monoisotopic (exact) mass is 971 g/mol. The summed E-state index contributed by atoms with van der Waals surface area (Å²) >= 11 is 0. The Labute approximate surface area is 411 Å². The SMILES string of the molecule is Cc1nc(-c2ccc3c(c2)CCC3NC(=O)c2cc(C(=O)NCc3ccc(F)c(C)c3)ncn2)n[nH]1.Cc1nc(-c2ccc3c(c2)CCC3NC(=O)c2cc(C(=O)NCc3ccc(F)c(C)c3)ncn2)no1. The Balaban J connectivity index is 0.000000178. The number of aromatic amines is 1. The fraction of sp³-hybridized carbons (Fsp3) is 0.231. The number of nitrogens with one attached hydrogen (secondary N) is 5. The van der Waals surface area contributed by atoms with Gasteiger partial charge in [-0.2, -0.15) is 10.1 Å². The summed E-state index contributed by atoms with van der Waals surface area (Å²) in [5, 5.41) is 22.5. The number of aromatic nitrogens is 9. The van der Waals surface area contributed by atoms with Gasteiger partial charge in [0.2, 0.25) is 11.7 Å². The van der Waals surface area contributed by atoms with Crippen LogP contribution < -0.4 is 21.3 Å². The molecule has 0 radical (unpaired) electrons. The highest BCUT2D eigenvalue weighted by atomic mass is 19.1. The maximum atomic E-state index is 13.5. The first kappa shape index (κ1) is 48.1. The molecule has 8 aromatic rings. The van der Waals surface area contributed by atoms with Gasteiger partial charge < -0.3 is 25.8 Å². The second-order valence-corrected chi connectivity index (χ2v) is 17.4. The second kappa shape index (κ2) is 21.0. The summed E-state index contributed by atoms with van der Waals surface area (Å²) in [6.07, 6.45) is 5.49. The summed E-state index contributed by atoms with van der Waals surface area (Å²) in [4.78, 5) is 75.7. The predicted molar refractivity (Wildman–Crippen MR) is 257 cm³/mol. The minimum absolute atomic E-state index is 0.0702. The van der Waals surface area contributed by atoms with Crippen LogP contribution in [0, 0.1) is 39.3 Å². The van der Waals surface area contributed by atoms with Gasteiger partial charge in [0, 0.05) is 43.3 Å². The van der Waals surface area contributed by atoms with E-state index in [1.54, 1.807) is 45.0 Å². The van der Waals surface area contributed by atoms with Crippen LogP contribution >= 0.6 is 0 Å². The minimum atomic E-state index is -0.455. The molecule has 2 aliphatic rings. The van der Waals surface area contributed by atoms with Crippen LogP contribution in [0.25, 0.3) is 22.8 Å². The number of hydrogen-bond acceptors (Lipinski definition) is 13. The molecule has 4 aromatic carbocycles. The lowest BCUT2D eigenvalue weighted by Crippen LogP contribution is -2.29. The Morgan fingerprint density at radius 3 is 1.49 bits per heavy atom. The zero-order valence-electron chi connectivity index (χ0n) is 39.5. The summed E-state index contributed by atoms with van der Waals surface area (Å²) in [5.41, 5.74) is 8.96. The highest BCUT2D eigenvalue weighted by molar-refractivity contribution is 5.98. The molecule has 0 aliphatic heterocycles. The average molecular weight is 972 g/mol. The van der Waals surface area contributed by atoms with Gasteiger partial charge in [0.15, 0.2) is 5.82 Å². The fourth-order valence-corrected chi connectivity index (χ4v) is 8.56. The number of aryl methyl sites for hydroxylation is 6. The summed E-state index contributed by atoms with van der Waals surface area (Å²) in [6, 6.07) is 23.5. The Bertz CT molecular complexity index is 3160. The molecule has 2 atom stereocenters. The van der Waals surface area contributed by atoms with Crippen molar-refractivity contribution in [2.45, 2.75) is 78.6 Å². The van der Waals surface area contributed by atoms with Crippen LogP contribution in [0.1, 0.15) is 123 Å². The van der Waals surface area contributed by atoms with E-state index in [2.05, 4.69) is 72.6 Å². The van der Waals surface area contributed by atoms with E-state index in [0.29, 0.717) is 28.7 Å². The lowest BCUT2D eigenvalue weighted by atomic mass is 10.0. The summed E-state index contributed by atoms with van der Waals surface area (Å²) in [7, 11) is 0. The molecular weight excluding hydrogens is 925 g/mol. The first-order valence-corrected chi connectivity index (χ1v) is 23.0. The van der Waals surface area contributed by atoms with Gasteiger partial charge in [0.25, 0.3) is 23.6 Å². The standard InChI is InChI=1S/C26H24FN7O2.C26H23FN6O3/c1-14-9-16(3-7-20(14)27)12-28-25(35)22-11-23(30-13-29-22)26(36)32-21-8-5-17-10-18(4-6-19(17)21)24-31-15(2)33-34-24;1-14-9-16(3-7-20(14)27)12-28-25(34)22-11-23(30-13-29-22)26(35)32-21-8-5-17-10-18(4-6-19(17)21)24-31-15(2)36-33-24/h3-4,6-7,9-11,13,21H,5,8,12H2,1-2H3,(H,28,35)(H,32,36)(H,31,33,34);3-4,6-7,9-11,13,21H,5,8,12H2,1-2H3,(H,28,34)(H,32,35). The van der Waals surface area contributed by atoms with Crippen molar-refractivity contribution in [1.82, 2.24) is 66.5 Å². The maximum Gasteiger partial charge on any atom is 0.270 e. The van der Waals surface area contributed by atoms with E-state index in [1.165, 1.54) is 36.9 Å². The number of hydrogen-bond donors (Lipinski definition) is 5. The van der Waals surface area contributed by atoms with Gasteiger partial charge in [0.05, 0.1) is 12.1 Å². The van der Waals surface area contributed by atoms with Gasteiger partial charge in [-0.25, -0.2) is 33.7 Å². The molecule has 10 rings (SSSR count). The van der Waals surface area contributed by atoms with E-state index in [0.717, 1.165) is 76.0 Å². The van der Waals surface area contributed by atoms with Crippen molar-refractivity contribution in [3.8, 4) is 22.8 Å². The van der Waals surface area contributed by atoms with Crippen molar-refractivity contribution in [2.24, 2.45) is 0 Å². The average Bonchev–Trinajstić information content (AvgIpc) is 4.22. The van der Waals surface area contributed by atoms with Gasteiger partial charge in [-0.3, -0.25) is 24.3 Å². The number of H-pyrrole nitrogens is 1. The van der Waals surface area contributed by atoms with Crippen LogP contribution in [0.3, 0.4) is 0 Å². The number of carbonyl (C=O) groups is 4. The zero-order valence-corrected chi connectivity index (χ0v) is 39.5. The Kier molecular flexibility index (Phi) is 14.0. The van der Waals surface area contributed by atoms with Gasteiger partial charge in [-0.05, 0) is 115 Å². The predicted octanol–water partition coefficient (Wildman–Crippen LogP) is 6.99. The molecule has 20 heteroatoms. The van der Waals surface area contributed by atoms with Gasteiger partial charge in [0.1, 0.15) is 52.9 Å². The molecule has 0 fully saturated rings. The number of amides is 4. The van der Waals surface area contributed by atoms with E-state index in [9.17, 15) is 28.0 Å². The van der Waals surface area contributed by atoms with Crippen molar-refractivity contribution in [3.63, 3.8) is 0 Å². The molecule has 5 N–H and O–H groups in total. The van der Waals surface area contributed by atoms with Crippen molar-refractivity contribution in [3.05, 3.63) is 188 Å². The number of carbonyl (C=O) groups excluding carboxylic acids is 4. The number of fused-ring (bicyclic) bond motifs is 2. The molecule has 0 saturated carbocycles. The van der Waals surface area contributed by atoms with Crippen LogP contribution in [0.15, 0.2) is 102 Å². The summed E-state index contributed by atoms with van der Waals surface area (Å²) in [5.74, 6) is 0.142. The summed E-state index contributed by atoms with van der Waals surface area (Å²) in [6.45, 7) is 7.32. The van der Waals surface area contributed by atoms with Crippen LogP contribution in [0.5, 0.6) is 0 Å². The molecule has 0 spiro atoms. The third-order valence-corrected chi connectivity index (χ3v) is 12.3. The van der Waals surface area contributed by atoms with Crippen molar-refractivity contribution >= 4 is 23.6 Å². The minimum Gasteiger partial charge on any atom is -0.347 e. The largest absolute Gasteiger partial charge is 0.347 e. The van der Waals surface area contributed by atoms with E-state index in [4.69, 9.17) is 4.52 Å². The molecule has 364 valence electrons. The number of halogens is 2. The quantitative estimate of drug-likeness (QED) is 0.0829. The highest BCUT2D eigenvalue weighted by Crippen LogP contribution is 2.35. The fourth-order valence-electron chi connectivity index (χ4n) is 8.56. The first-order chi connectivity index (χ1) is 34.7. The molecular formula is C52H47F2N13O5. The number of rotatable bonds is 12. The lowest BCUT2D eigenvalue weighted by molar-refractivity contribution is 0.0919. The smallest absolute Gasteiger partial charge is 0.270 e. The zero-order chi connectivity index (χ0) is 50.5. The Morgan fingerprint density at radius 2 is 1.06 bits per heavy atom. The molecule has 0 bridgehead atoms. The van der Waals surface area contributed by atoms with Crippen LogP contribution in [0.4, 0.5) is 8.78 Å². The first-order valence-electron chi connectivity index (χ1n) is 23.0. The van der Waals surface area contributed by atoms with Crippen molar-refractivity contribution < 1.29 is 32.5 Å². The van der Waals surface area contributed by atoms with Gasteiger partial charge in [-0.1, -0.05) is 53.7 Å². The number of benzene rings is 4. The lowest BCUT2D eigenvalue weighted by Gasteiger charge is -2.14. The third kappa shape index (κ3) is 11.1. The van der Waals surface area contributed by atoms with E-state index < -0.39 is 17.7 Å². The molecule has 2 aliphatic carbocycles. The van der Waals surface area contributed by atoms with Crippen molar-refractivity contribution in [2.75, 3.05) is 0 Å². The van der Waals surface area contributed by atoms with Crippen LogP contribution in [-0.2, 0) is 25.9 Å². The Hall–Kier alpha value is -8.94. The van der Waals surface area contributed by atoms with Gasteiger partial charge in [-0.15, -0.1) is 0 Å². The van der Waals surface area contributed by atoms with Crippen molar-refractivity contribution in [1.29, 1.82) is 0 Å². The normalized spacial score (nSPS) is 14.4. The second-order valence-electron chi connectivity index (χ2n) is 17.4. The van der Waals surface area contributed by atoms with Gasteiger partial charge >= 0.3 is 0 Å². The molecule has 72 heavy (non-hydrogen) atoms. The van der Waals surface area contributed by atoms with E-state index in [1.807, 2.05) is 37.3 Å². The van der Waals surface area contributed by atoms with E-state index >= 15 is 0 Å². The molecule has 4 heterocycles. The van der Waals surface area contributed by atoms with Crippen LogP contribution in [0.2, 0.25) is 0 Å².